The monoisotopic (exact) mass is 250 g/mol. The maximum atomic E-state index is 12.2. The fourth-order valence-electron chi connectivity index (χ4n) is 1.66. The molecule has 100 valence electrons. The normalized spacial score (nSPS) is 14.3. The van der Waals surface area contributed by atoms with Crippen molar-refractivity contribution in [2.75, 3.05) is 6.54 Å². The van der Waals surface area contributed by atoms with Crippen LogP contribution in [0.15, 0.2) is 18.2 Å². The zero-order valence-electron chi connectivity index (χ0n) is 11.4. The van der Waals surface area contributed by atoms with Crippen molar-refractivity contribution in [2.45, 2.75) is 33.2 Å². The van der Waals surface area contributed by atoms with Gasteiger partial charge in [0.05, 0.1) is 5.54 Å². The first-order chi connectivity index (χ1) is 8.30. The van der Waals surface area contributed by atoms with E-state index in [-0.39, 0.29) is 17.6 Å². The van der Waals surface area contributed by atoms with Crippen LogP contribution in [0, 0.1) is 12.8 Å². The Balaban J connectivity index is 2.95. The molecule has 4 N–H and O–H groups in total. The number of hydrogen-bond donors (Lipinski definition) is 3. The van der Waals surface area contributed by atoms with Gasteiger partial charge in [0.15, 0.2) is 0 Å². The summed E-state index contributed by atoms with van der Waals surface area (Å²) in [6, 6.07) is 4.71. The molecule has 0 aromatic heterocycles. The molecule has 4 nitrogen and oxygen atoms in total. The number of nitrogens with one attached hydrogen (secondary N) is 1. The average Bonchev–Trinajstić information content (AvgIpc) is 2.28. The quantitative estimate of drug-likeness (QED) is 0.762. The molecule has 4 heteroatoms. The van der Waals surface area contributed by atoms with Gasteiger partial charge in [0.25, 0.3) is 5.91 Å². The van der Waals surface area contributed by atoms with Crippen LogP contribution in [0.3, 0.4) is 0 Å². The van der Waals surface area contributed by atoms with Crippen molar-refractivity contribution in [2.24, 2.45) is 11.7 Å². The summed E-state index contributed by atoms with van der Waals surface area (Å²) in [6.07, 6.45) is 0. The van der Waals surface area contributed by atoms with Crippen molar-refractivity contribution in [3.63, 3.8) is 0 Å². The molecule has 0 spiro atoms. The number of amides is 1. The third-order valence-corrected chi connectivity index (χ3v) is 3.55. The van der Waals surface area contributed by atoms with Crippen LogP contribution in [0.5, 0.6) is 5.75 Å². The van der Waals surface area contributed by atoms with E-state index in [4.69, 9.17) is 5.73 Å². The maximum Gasteiger partial charge on any atom is 0.252 e. The molecule has 1 aromatic carbocycles. The number of phenols is 1. The molecule has 1 aromatic rings. The minimum absolute atomic E-state index is 0.158. The van der Waals surface area contributed by atoms with Gasteiger partial charge < -0.3 is 16.2 Å². The number of phenolic OH excluding ortho intramolecular Hbond substituents is 1. The minimum Gasteiger partial charge on any atom is -0.508 e. The molecular formula is C14H22N2O2. The third-order valence-electron chi connectivity index (χ3n) is 3.55. The average molecular weight is 250 g/mol. The van der Waals surface area contributed by atoms with Crippen LogP contribution in [0.1, 0.15) is 36.7 Å². The first-order valence-corrected chi connectivity index (χ1v) is 6.12. The van der Waals surface area contributed by atoms with Crippen molar-refractivity contribution in [1.29, 1.82) is 0 Å². The summed E-state index contributed by atoms with van der Waals surface area (Å²) in [5.41, 5.74) is 6.62. The Kier molecular flexibility index (Phi) is 4.35. The Morgan fingerprint density at radius 3 is 2.56 bits per heavy atom. The van der Waals surface area contributed by atoms with Gasteiger partial charge in [-0.15, -0.1) is 0 Å². The Hall–Kier alpha value is -1.55. The summed E-state index contributed by atoms with van der Waals surface area (Å²) in [4.78, 5) is 12.2. The number of carbonyl (C=O) groups excluding carboxylic acids is 1. The molecule has 0 saturated carbocycles. The smallest absolute Gasteiger partial charge is 0.252 e. The SMILES string of the molecule is Cc1cc(O)ccc1C(=O)NC(C)(CN)C(C)C. The molecule has 18 heavy (non-hydrogen) atoms. The second-order valence-electron chi connectivity index (χ2n) is 5.23. The van der Waals surface area contributed by atoms with Gasteiger partial charge in [0, 0.05) is 12.1 Å². The van der Waals surface area contributed by atoms with Gasteiger partial charge >= 0.3 is 0 Å². The van der Waals surface area contributed by atoms with Crippen LogP contribution < -0.4 is 11.1 Å². The van der Waals surface area contributed by atoms with E-state index in [1.54, 1.807) is 19.1 Å². The van der Waals surface area contributed by atoms with E-state index in [0.717, 1.165) is 5.56 Å². The summed E-state index contributed by atoms with van der Waals surface area (Å²) >= 11 is 0. The highest BCUT2D eigenvalue weighted by Crippen LogP contribution is 2.19. The van der Waals surface area contributed by atoms with E-state index in [1.165, 1.54) is 6.07 Å². The van der Waals surface area contributed by atoms with E-state index >= 15 is 0 Å². The van der Waals surface area contributed by atoms with E-state index in [0.29, 0.717) is 12.1 Å². The fraction of sp³-hybridized carbons (Fsp3) is 0.500. The Morgan fingerprint density at radius 2 is 2.11 bits per heavy atom. The van der Waals surface area contributed by atoms with Gasteiger partial charge in [-0.3, -0.25) is 4.79 Å². The third kappa shape index (κ3) is 3.01. The number of aromatic hydroxyl groups is 1. The van der Waals surface area contributed by atoms with E-state index in [9.17, 15) is 9.90 Å². The predicted molar refractivity (Wildman–Crippen MR) is 72.6 cm³/mol. The molecule has 0 fully saturated rings. The molecule has 0 aliphatic rings. The molecule has 1 rings (SSSR count). The summed E-state index contributed by atoms with van der Waals surface area (Å²) in [6.45, 7) is 8.16. The van der Waals surface area contributed by atoms with Gasteiger partial charge in [-0.05, 0) is 43.5 Å². The van der Waals surface area contributed by atoms with Crippen LogP contribution in [-0.2, 0) is 0 Å². The first-order valence-electron chi connectivity index (χ1n) is 6.12. The lowest BCUT2D eigenvalue weighted by Crippen LogP contribution is -2.55. The fourth-order valence-corrected chi connectivity index (χ4v) is 1.66. The zero-order chi connectivity index (χ0) is 13.9. The predicted octanol–water partition coefficient (Wildman–Crippen LogP) is 1.80. The highest BCUT2D eigenvalue weighted by molar-refractivity contribution is 5.96. The minimum atomic E-state index is -0.429. The molecule has 0 radical (unpaired) electrons. The Morgan fingerprint density at radius 1 is 1.50 bits per heavy atom. The van der Waals surface area contributed by atoms with Crippen molar-refractivity contribution in [3.05, 3.63) is 29.3 Å². The van der Waals surface area contributed by atoms with Crippen LogP contribution in [0.4, 0.5) is 0 Å². The van der Waals surface area contributed by atoms with Gasteiger partial charge in [-0.2, -0.15) is 0 Å². The van der Waals surface area contributed by atoms with E-state index in [2.05, 4.69) is 5.32 Å². The molecule has 0 aliphatic carbocycles. The summed E-state index contributed by atoms with van der Waals surface area (Å²) in [7, 11) is 0. The number of benzene rings is 1. The highest BCUT2D eigenvalue weighted by atomic mass is 16.3. The van der Waals surface area contributed by atoms with Crippen molar-refractivity contribution in [1.82, 2.24) is 5.32 Å². The van der Waals surface area contributed by atoms with Gasteiger partial charge in [-0.25, -0.2) is 0 Å². The standard InChI is InChI=1S/C14H22N2O2/c1-9(2)14(4,8-15)16-13(18)12-6-5-11(17)7-10(12)3/h5-7,9,17H,8,15H2,1-4H3,(H,16,18). The number of nitrogens with two attached hydrogens (primary N) is 1. The van der Waals surface area contributed by atoms with Crippen LogP contribution >= 0.6 is 0 Å². The number of carbonyl (C=O) groups is 1. The van der Waals surface area contributed by atoms with E-state index < -0.39 is 5.54 Å². The highest BCUT2D eigenvalue weighted by Gasteiger charge is 2.29. The molecule has 1 atom stereocenters. The van der Waals surface area contributed by atoms with Crippen LogP contribution in [0.25, 0.3) is 0 Å². The van der Waals surface area contributed by atoms with Crippen LogP contribution in [0.2, 0.25) is 0 Å². The number of aryl methyl sites for hydroxylation is 1. The first kappa shape index (κ1) is 14.5. The van der Waals surface area contributed by atoms with Crippen molar-refractivity contribution < 1.29 is 9.90 Å². The molecule has 0 saturated heterocycles. The molecule has 0 aliphatic heterocycles. The molecular weight excluding hydrogens is 228 g/mol. The van der Waals surface area contributed by atoms with Gasteiger partial charge in [0.1, 0.15) is 5.75 Å². The lowest BCUT2D eigenvalue weighted by Gasteiger charge is -2.33. The lowest BCUT2D eigenvalue weighted by atomic mass is 9.88. The molecule has 0 heterocycles. The second-order valence-corrected chi connectivity index (χ2v) is 5.23. The number of hydrogen-bond acceptors (Lipinski definition) is 3. The van der Waals surface area contributed by atoms with E-state index in [1.807, 2.05) is 20.8 Å². The van der Waals surface area contributed by atoms with Gasteiger partial charge in [0.2, 0.25) is 0 Å². The van der Waals surface area contributed by atoms with Gasteiger partial charge in [-0.1, -0.05) is 13.8 Å². The maximum absolute atomic E-state index is 12.2. The summed E-state index contributed by atoms with van der Waals surface area (Å²) < 4.78 is 0. The molecule has 0 bridgehead atoms. The van der Waals surface area contributed by atoms with Crippen LogP contribution in [-0.4, -0.2) is 23.1 Å². The Bertz CT molecular complexity index is 443. The summed E-state index contributed by atoms with van der Waals surface area (Å²) in [5.74, 6) is 0.243. The second kappa shape index (κ2) is 5.40. The molecule has 1 amide bonds. The summed E-state index contributed by atoms with van der Waals surface area (Å²) in [5, 5.41) is 12.3. The molecule has 1 unspecified atom stereocenters. The Labute approximate surface area is 108 Å². The topological polar surface area (TPSA) is 75.3 Å². The largest absolute Gasteiger partial charge is 0.508 e. The van der Waals surface area contributed by atoms with Crippen molar-refractivity contribution >= 4 is 5.91 Å². The zero-order valence-corrected chi connectivity index (χ0v) is 11.4. The lowest BCUT2D eigenvalue weighted by molar-refractivity contribution is 0.0882. The number of rotatable bonds is 4. The van der Waals surface area contributed by atoms with Crippen molar-refractivity contribution in [3.8, 4) is 5.75 Å².